The summed E-state index contributed by atoms with van der Waals surface area (Å²) < 4.78 is 0. The summed E-state index contributed by atoms with van der Waals surface area (Å²) in [6.45, 7) is 8.89. The number of hydrogen-bond acceptors (Lipinski definition) is 0. The Bertz CT molecular complexity index is 676. The van der Waals surface area contributed by atoms with Crippen LogP contribution in [0.5, 0.6) is 0 Å². The molecule has 0 saturated carbocycles. The van der Waals surface area contributed by atoms with Crippen LogP contribution in [-0.4, -0.2) is 0 Å². The van der Waals surface area contributed by atoms with Crippen LogP contribution in [0, 0.1) is 0 Å². The van der Waals surface area contributed by atoms with Gasteiger partial charge in [-0.15, -0.1) is 0 Å². The van der Waals surface area contributed by atoms with E-state index in [1.165, 1.54) is 65.5 Å². The summed E-state index contributed by atoms with van der Waals surface area (Å²) in [7, 11) is 0. The van der Waals surface area contributed by atoms with E-state index >= 15 is 0 Å². The van der Waals surface area contributed by atoms with E-state index in [1.54, 1.807) is 0 Å². The highest BCUT2D eigenvalue weighted by atomic mass is 14.2. The van der Waals surface area contributed by atoms with Gasteiger partial charge in [-0.2, -0.15) is 0 Å². The Balaban J connectivity index is 1.69. The molecule has 0 saturated heterocycles. The molecule has 0 heteroatoms. The van der Waals surface area contributed by atoms with E-state index in [0.29, 0.717) is 0 Å². The normalized spacial score (nSPS) is 14.3. The van der Waals surface area contributed by atoms with E-state index < -0.39 is 0 Å². The number of allylic oxidation sites excluding steroid dienone is 8. The van der Waals surface area contributed by atoms with Crippen LogP contribution in [0.1, 0.15) is 77.3 Å². The van der Waals surface area contributed by atoms with Crippen molar-refractivity contribution in [3.05, 3.63) is 76.4 Å². The first-order chi connectivity index (χ1) is 12.1. The molecule has 0 N–H and O–H groups in total. The molecule has 1 aromatic rings. The SMILES string of the molecule is CC(C)=CCC/C(C)=C/CC/C(C)=C/CCC1=CCc2ccccc21. The highest BCUT2D eigenvalue weighted by molar-refractivity contribution is 5.72. The minimum absolute atomic E-state index is 1.12. The third-order valence-corrected chi connectivity index (χ3v) is 4.96. The average Bonchev–Trinajstić information content (AvgIpc) is 2.98. The lowest BCUT2D eigenvalue weighted by Gasteiger charge is -2.05. The van der Waals surface area contributed by atoms with Gasteiger partial charge in [0.25, 0.3) is 0 Å². The molecule has 0 bridgehead atoms. The average molecular weight is 335 g/mol. The Morgan fingerprint density at radius 1 is 0.840 bits per heavy atom. The van der Waals surface area contributed by atoms with Gasteiger partial charge in [0.2, 0.25) is 0 Å². The first-order valence-electron chi connectivity index (χ1n) is 9.78. The van der Waals surface area contributed by atoms with Crippen molar-refractivity contribution in [1.82, 2.24) is 0 Å². The molecule has 0 amide bonds. The fourth-order valence-electron chi connectivity index (χ4n) is 3.40. The van der Waals surface area contributed by atoms with E-state index in [1.807, 2.05) is 0 Å². The topological polar surface area (TPSA) is 0 Å². The third-order valence-electron chi connectivity index (χ3n) is 4.96. The molecule has 1 aliphatic rings. The van der Waals surface area contributed by atoms with E-state index in [9.17, 15) is 0 Å². The van der Waals surface area contributed by atoms with Gasteiger partial charge in [-0.1, -0.05) is 65.3 Å². The van der Waals surface area contributed by atoms with Gasteiger partial charge >= 0.3 is 0 Å². The molecule has 0 fully saturated rings. The van der Waals surface area contributed by atoms with Gasteiger partial charge in [-0.3, -0.25) is 0 Å². The van der Waals surface area contributed by atoms with Gasteiger partial charge in [0, 0.05) is 0 Å². The Morgan fingerprint density at radius 2 is 1.48 bits per heavy atom. The maximum Gasteiger partial charge on any atom is -0.00854 e. The van der Waals surface area contributed by atoms with Crippen LogP contribution in [0.15, 0.2) is 65.3 Å². The standard InChI is InChI=1S/C25H34/c1-20(2)10-7-11-21(3)12-8-13-22(4)14-9-16-24-19-18-23-15-5-6-17-25(23)24/h5-6,10,12,14-15,17,19H,7-9,11,13,16,18H2,1-4H3/b21-12+,22-14+. The van der Waals surface area contributed by atoms with Gasteiger partial charge < -0.3 is 0 Å². The number of rotatable bonds is 9. The lowest BCUT2D eigenvalue weighted by molar-refractivity contribution is 0.909. The smallest absolute Gasteiger partial charge is 0.00854 e. The minimum Gasteiger partial charge on any atom is -0.0856 e. The van der Waals surface area contributed by atoms with Crippen LogP contribution < -0.4 is 0 Å². The molecule has 0 aromatic heterocycles. The third kappa shape index (κ3) is 6.90. The van der Waals surface area contributed by atoms with Gasteiger partial charge in [-0.25, -0.2) is 0 Å². The van der Waals surface area contributed by atoms with Crippen LogP contribution in [0.2, 0.25) is 0 Å². The van der Waals surface area contributed by atoms with E-state index in [0.717, 1.165) is 12.8 Å². The lowest BCUT2D eigenvalue weighted by atomic mass is 10.0. The molecule has 25 heavy (non-hydrogen) atoms. The summed E-state index contributed by atoms with van der Waals surface area (Å²) in [5, 5.41) is 0. The summed E-state index contributed by atoms with van der Waals surface area (Å²) in [5.74, 6) is 0. The Morgan fingerprint density at radius 3 is 2.20 bits per heavy atom. The second-order valence-electron chi connectivity index (χ2n) is 7.59. The summed E-state index contributed by atoms with van der Waals surface area (Å²) in [5.41, 5.74) is 8.98. The molecule has 0 heterocycles. The monoisotopic (exact) mass is 334 g/mol. The zero-order valence-corrected chi connectivity index (χ0v) is 16.6. The van der Waals surface area contributed by atoms with Crippen LogP contribution in [-0.2, 0) is 6.42 Å². The molecule has 1 aromatic carbocycles. The maximum atomic E-state index is 2.44. The van der Waals surface area contributed by atoms with Crippen molar-refractivity contribution in [3.8, 4) is 0 Å². The quantitative estimate of drug-likeness (QED) is 0.404. The first kappa shape index (κ1) is 19.5. The molecule has 0 aliphatic heterocycles. The van der Waals surface area contributed by atoms with Gasteiger partial charge in [0.1, 0.15) is 0 Å². The van der Waals surface area contributed by atoms with Crippen LogP contribution >= 0.6 is 0 Å². The fraction of sp³-hybridized carbons (Fsp3) is 0.440. The Kier molecular flexibility index (Phi) is 7.98. The second kappa shape index (κ2) is 10.2. The van der Waals surface area contributed by atoms with Crippen molar-refractivity contribution in [2.45, 2.75) is 72.6 Å². The van der Waals surface area contributed by atoms with E-state index in [4.69, 9.17) is 0 Å². The number of fused-ring (bicyclic) bond motifs is 1. The van der Waals surface area contributed by atoms with Gasteiger partial charge in [0.15, 0.2) is 0 Å². The molecule has 134 valence electrons. The fourth-order valence-corrected chi connectivity index (χ4v) is 3.40. The lowest BCUT2D eigenvalue weighted by Crippen LogP contribution is -1.84. The molecule has 0 spiro atoms. The first-order valence-corrected chi connectivity index (χ1v) is 9.78. The van der Waals surface area contributed by atoms with Crippen molar-refractivity contribution in [3.63, 3.8) is 0 Å². The summed E-state index contributed by atoms with van der Waals surface area (Å²) in [6.07, 6.45) is 17.8. The highest BCUT2D eigenvalue weighted by Crippen LogP contribution is 2.30. The zero-order chi connectivity index (χ0) is 18.1. The molecular formula is C25H34. The molecule has 1 aliphatic carbocycles. The molecule has 2 rings (SSSR count). The van der Waals surface area contributed by atoms with E-state index in [-0.39, 0.29) is 0 Å². The molecule has 0 radical (unpaired) electrons. The van der Waals surface area contributed by atoms with Crippen LogP contribution in [0.25, 0.3) is 5.57 Å². The highest BCUT2D eigenvalue weighted by Gasteiger charge is 2.11. The van der Waals surface area contributed by atoms with Crippen LogP contribution in [0.4, 0.5) is 0 Å². The van der Waals surface area contributed by atoms with Crippen molar-refractivity contribution >= 4 is 5.57 Å². The van der Waals surface area contributed by atoms with Crippen molar-refractivity contribution in [2.75, 3.05) is 0 Å². The molecule has 0 nitrogen and oxygen atoms in total. The maximum absolute atomic E-state index is 2.44. The largest absolute Gasteiger partial charge is 0.0856 e. The zero-order valence-electron chi connectivity index (χ0n) is 16.6. The summed E-state index contributed by atoms with van der Waals surface area (Å²) >= 11 is 0. The summed E-state index contributed by atoms with van der Waals surface area (Å²) in [4.78, 5) is 0. The van der Waals surface area contributed by atoms with Gasteiger partial charge in [-0.05, 0) is 89.3 Å². The Labute approximate surface area is 155 Å². The molecular weight excluding hydrogens is 300 g/mol. The number of benzene rings is 1. The molecule has 0 unspecified atom stereocenters. The Hall–Kier alpha value is -1.82. The minimum atomic E-state index is 1.12. The van der Waals surface area contributed by atoms with E-state index in [2.05, 4.69) is 76.3 Å². The van der Waals surface area contributed by atoms with Crippen molar-refractivity contribution in [2.24, 2.45) is 0 Å². The summed E-state index contributed by atoms with van der Waals surface area (Å²) in [6, 6.07) is 8.83. The molecule has 0 atom stereocenters. The van der Waals surface area contributed by atoms with Crippen molar-refractivity contribution < 1.29 is 0 Å². The second-order valence-corrected chi connectivity index (χ2v) is 7.59. The van der Waals surface area contributed by atoms with Gasteiger partial charge in [0.05, 0.1) is 0 Å². The predicted molar refractivity (Wildman–Crippen MR) is 113 cm³/mol. The predicted octanol–water partition coefficient (Wildman–Crippen LogP) is 7.83. The number of hydrogen-bond donors (Lipinski definition) is 0. The van der Waals surface area contributed by atoms with Crippen LogP contribution in [0.3, 0.4) is 0 Å². The van der Waals surface area contributed by atoms with Crippen molar-refractivity contribution in [1.29, 1.82) is 0 Å².